The molecule has 1 atom stereocenters. The molecule has 1 aliphatic rings. The number of hydrogen-bond donors (Lipinski definition) is 1. The van der Waals surface area contributed by atoms with Crippen LogP contribution in [-0.2, 0) is 11.2 Å². The molecule has 1 aromatic rings. The minimum Gasteiger partial charge on any atom is -0.312 e. The molecule has 4 heteroatoms. The first-order valence-electron chi connectivity index (χ1n) is 4.49. The number of fused-ring (bicyclic) bond motifs is 1. The minimum atomic E-state index is 0.264. The summed E-state index contributed by atoms with van der Waals surface area (Å²) in [4.78, 5) is 13.6. The molecule has 1 unspecified atom stereocenters. The molecule has 1 amide bonds. The number of nitrogens with two attached hydrogens (primary N) is 1. The van der Waals surface area contributed by atoms with Gasteiger partial charge in [0.1, 0.15) is 0 Å². The lowest BCUT2D eigenvalue weighted by Crippen LogP contribution is -2.27. The summed E-state index contributed by atoms with van der Waals surface area (Å²) in [5.41, 5.74) is 2.23. The van der Waals surface area contributed by atoms with E-state index in [9.17, 15) is 4.79 Å². The van der Waals surface area contributed by atoms with E-state index in [-0.39, 0.29) is 6.04 Å². The Morgan fingerprint density at radius 3 is 3.07 bits per heavy atom. The molecular formula is C10H12N2OS. The van der Waals surface area contributed by atoms with Crippen molar-refractivity contribution >= 4 is 24.0 Å². The molecule has 0 saturated heterocycles. The molecule has 14 heavy (non-hydrogen) atoms. The van der Waals surface area contributed by atoms with Crippen LogP contribution in [0.15, 0.2) is 23.1 Å². The van der Waals surface area contributed by atoms with Gasteiger partial charge in [-0.1, -0.05) is 6.07 Å². The number of benzene rings is 1. The number of carbonyl (C=O) groups excluding carboxylic acids is 1. The van der Waals surface area contributed by atoms with Crippen LogP contribution in [0, 0.1) is 0 Å². The Morgan fingerprint density at radius 2 is 2.43 bits per heavy atom. The van der Waals surface area contributed by atoms with Crippen molar-refractivity contribution in [3.63, 3.8) is 0 Å². The fraction of sp³-hybridized carbons (Fsp3) is 0.300. The normalized spacial score (nSPS) is 19.6. The van der Waals surface area contributed by atoms with Crippen LogP contribution in [0.25, 0.3) is 0 Å². The summed E-state index contributed by atoms with van der Waals surface area (Å²) in [5.74, 6) is 0. The highest BCUT2D eigenvalue weighted by Gasteiger charge is 2.25. The highest BCUT2D eigenvalue weighted by molar-refractivity contribution is 7.97. The molecule has 0 spiro atoms. The molecule has 0 aromatic heterocycles. The van der Waals surface area contributed by atoms with Crippen LogP contribution >= 0.6 is 11.9 Å². The minimum absolute atomic E-state index is 0.264. The Morgan fingerprint density at radius 1 is 1.64 bits per heavy atom. The highest BCUT2D eigenvalue weighted by Crippen LogP contribution is 2.33. The van der Waals surface area contributed by atoms with Crippen molar-refractivity contribution in [2.45, 2.75) is 24.3 Å². The summed E-state index contributed by atoms with van der Waals surface area (Å²) in [5, 5.41) is 5.48. The second kappa shape index (κ2) is 3.63. The van der Waals surface area contributed by atoms with E-state index in [1.807, 2.05) is 25.1 Å². The van der Waals surface area contributed by atoms with E-state index >= 15 is 0 Å². The van der Waals surface area contributed by atoms with Crippen LogP contribution in [0.1, 0.15) is 12.5 Å². The summed E-state index contributed by atoms with van der Waals surface area (Å²) in [6.07, 6.45) is 1.82. The van der Waals surface area contributed by atoms with E-state index in [1.54, 1.807) is 4.90 Å². The number of rotatable bonds is 2. The molecule has 2 rings (SSSR count). The number of hydrogen-bond acceptors (Lipinski definition) is 3. The third-order valence-corrected chi connectivity index (χ3v) is 3.10. The van der Waals surface area contributed by atoms with E-state index in [4.69, 9.17) is 5.14 Å². The average Bonchev–Trinajstić information content (AvgIpc) is 2.52. The molecule has 1 aliphatic heterocycles. The maximum atomic E-state index is 10.9. The fourth-order valence-electron chi connectivity index (χ4n) is 1.84. The van der Waals surface area contributed by atoms with Crippen LogP contribution in [-0.4, -0.2) is 12.5 Å². The lowest BCUT2D eigenvalue weighted by atomic mass is 10.1. The van der Waals surface area contributed by atoms with E-state index < -0.39 is 0 Å². The van der Waals surface area contributed by atoms with Gasteiger partial charge in [-0.05, 0) is 43.0 Å². The summed E-state index contributed by atoms with van der Waals surface area (Å²) in [6.45, 7) is 2.05. The van der Waals surface area contributed by atoms with Gasteiger partial charge in [0.2, 0.25) is 6.41 Å². The molecule has 0 radical (unpaired) electrons. The maximum Gasteiger partial charge on any atom is 0.214 e. The quantitative estimate of drug-likeness (QED) is 0.592. The van der Waals surface area contributed by atoms with Crippen LogP contribution in [0.2, 0.25) is 0 Å². The topological polar surface area (TPSA) is 46.3 Å². The molecule has 0 bridgehead atoms. The van der Waals surface area contributed by atoms with Crippen molar-refractivity contribution in [3.8, 4) is 0 Å². The van der Waals surface area contributed by atoms with E-state index in [0.717, 1.165) is 23.4 Å². The third-order valence-electron chi connectivity index (χ3n) is 2.57. The maximum absolute atomic E-state index is 10.9. The summed E-state index contributed by atoms with van der Waals surface area (Å²) < 4.78 is 0. The molecule has 1 aromatic carbocycles. The standard InChI is InChI=1S/C10H12N2OS/c1-7-4-8-2-3-9(14-11)5-10(8)12(7)6-13/h2-3,5-7H,4,11H2,1H3. The second-order valence-corrected chi connectivity index (χ2v) is 4.18. The van der Waals surface area contributed by atoms with Gasteiger partial charge in [-0.15, -0.1) is 0 Å². The Kier molecular flexibility index (Phi) is 2.48. The van der Waals surface area contributed by atoms with E-state index in [0.29, 0.717) is 0 Å². The average molecular weight is 208 g/mol. The predicted molar refractivity (Wildman–Crippen MR) is 58.2 cm³/mol. The molecule has 0 aliphatic carbocycles. The Bertz CT molecular complexity index is 367. The van der Waals surface area contributed by atoms with Crippen molar-refractivity contribution in [1.29, 1.82) is 0 Å². The van der Waals surface area contributed by atoms with Gasteiger partial charge in [-0.2, -0.15) is 0 Å². The van der Waals surface area contributed by atoms with Gasteiger partial charge in [-0.3, -0.25) is 9.93 Å². The van der Waals surface area contributed by atoms with E-state index in [1.165, 1.54) is 17.5 Å². The Labute approximate surface area is 87.4 Å². The first kappa shape index (κ1) is 9.55. The zero-order chi connectivity index (χ0) is 10.1. The highest BCUT2D eigenvalue weighted by atomic mass is 32.2. The summed E-state index contributed by atoms with van der Waals surface area (Å²) in [7, 11) is 0. The Hall–Kier alpha value is -1.00. The van der Waals surface area contributed by atoms with Gasteiger partial charge in [0.15, 0.2) is 0 Å². The fourth-order valence-corrected chi connectivity index (χ4v) is 2.17. The van der Waals surface area contributed by atoms with Gasteiger partial charge >= 0.3 is 0 Å². The lowest BCUT2D eigenvalue weighted by molar-refractivity contribution is -0.107. The first-order chi connectivity index (χ1) is 6.76. The smallest absolute Gasteiger partial charge is 0.214 e. The summed E-state index contributed by atoms with van der Waals surface area (Å²) in [6, 6.07) is 6.27. The molecule has 74 valence electrons. The number of carbonyl (C=O) groups is 1. The van der Waals surface area contributed by atoms with Gasteiger partial charge in [0.25, 0.3) is 0 Å². The van der Waals surface area contributed by atoms with Crippen LogP contribution in [0.4, 0.5) is 5.69 Å². The van der Waals surface area contributed by atoms with Crippen LogP contribution < -0.4 is 10.0 Å². The third kappa shape index (κ3) is 1.40. The molecular weight excluding hydrogens is 196 g/mol. The molecule has 2 N–H and O–H groups in total. The SMILES string of the molecule is CC1Cc2ccc(SN)cc2N1C=O. The Balaban J connectivity index is 2.44. The van der Waals surface area contributed by atoms with Crippen molar-refractivity contribution in [2.24, 2.45) is 5.14 Å². The van der Waals surface area contributed by atoms with Gasteiger partial charge in [0.05, 0.1) is 0 Å². The van der Waals surface area contributed by atoms with Gasteiger partial charge in [-0.25, -0.2) is 0 Å². The van der Waals surface area contributed by atoms with Crippen molar-refractivity contribution in [1.82, 2.24) is 0 Å². The predicted octanol–water partition coefficient (Wildman–Crippen LogP) is 1.56. The van der Waals surface area contributed by atoms with Crippen molar-refractivity contribution < 1.29 is 4.79 Å². The molecule has 3 nitrogen and oxygen atoms in total. The first-order valence-corrected chi connectivity index (χ1v) is 5.37. The molecule has 0 saturated carbocycles. The van der Waals surface area contributed by atoms with E-state index in [2.05, 4.69) is 0 Å². The zero-order valence-corrected chi connectivity index (χ0v) is 8.75. The second-order valence-electron chi connectivity index (χ2n) is 3.47. The van der Waals surface area contributed by atoms with Crippen molar-refractivity contribution in [3.05, 3.63) is 23.8 Å². The molecule has 1 heterocycles. The lowest BCUT2D eigenvalue weighted by Gasteiger charge is -2.16. The van der Waals surface area contributed by atoms with Gasteiger partial charge in [0, 0.05) is 16.6 Å². The number of amides is 1. The number of anilines is 1. The number of nitrogens with zero attached hydrogens (tertiary/aromatic N) is 1. The zero-order valence-electron chi connectivity index (χ0n) is 7.93. The van der Waals surface area contributed by atoms with Crippen LogP contribution in [0.5, 0.6) is 0 Å². The largest absolute Gasteiger partial charge is 0.312 e. The van der Waals surface area contributed by atoms with Crippen LogP contribution in [0.3, 0.4) is 0 Å². The van der Waals surface area contributed by atoms with Gasteiger partial charge < -0.3 is 4.90 Å². The molecule has 0 fully saturated rings. The van der Waals surface area contributed by atoms with Crippen molar-refractivity contribution in [2.75, 3.05) is 4.90 Å². The summed E-state index contributed by atoms with van der Waals surface area (Å²) >= 11 is 1.21. The monoisotopic (exact) mass is 208 g/mol.